The summed E-state index contributed by atoms with van der Waals surface area (Å²) in [5.74, 6) is 0. The van der Waals surface area contributed by atoms with Crippen LogP contribution in [0, 0.1) is 5.41 Å². The third kappa shape index (κ3) is 13.3. The molecule has 0 saturated heterocycles. The number of aliphatic hydroxyl groups is 2. The Morgan fingerprint density at radius 2 is 0.905 bits per heavy atom. The van der Waals surface area contributed by atoms with Crippen molar-refractivity contribution >= 4 is 0 Å². The Balaban J connectivity index is 3.16. The molecule has 0 aliphatic rings. The van der Waals surface area contributed by atoms with Crippen LogP contribution < -0.4 is 0 Å². The number of hydrogen-bond donors (Lipinski definition) is 2. The summed E-state index contributed by atoms with van der Waals surface area (Å²) in [6.45, 7) is 4.44. The van der Waals surface area contributed by atoms with Gasteiger partial charge in [0.05, 0.1) is 13.2 Å². The molecule has 0 spiro atoms. The SMILES string of the molecule is CCCCCCCCCCCCCCCC(C)(CO)CO. The first kappa shape index (κ1) is 20.9. The Hall–Kier alpha value is -0.0800. The summed E-state index contributed by atoms with van der Waals surface area (Å²) in [5.41, 5.74) is -0.266. The summed E-state index contributed by atoms with van der Waals surface area (Å²) >= 11 is 0. The molecule has 0 aromatic carbocycles. The van der Waals surface area contributed by atoms with Crippen LogP contribution in [0.5, 0.6) is 0 Å². The lowest BCUT2D eigenvalue weighted by Gasteiger charge is -2.24. The van der Waals surface area contributed by atoms with Crippen molar-refractivity contribution in [1.82, 2.24) is 0 Å². The summed E-state index contributed by atoms with van der Waals surface area (Å²) in [7, 11) is 0. The first-order chi connectivity index (χ1) is 10.2. The van der Waals surface area contributed by atoms with Crippen molar-refractivity contribution in [2.75, 3.05) is 13.2 Å². The van der Waals surface area contributed by atoms with Crippen LogP contribution in [0.4, 0.5) is 0 Å². The molecule has 0 aromatic heterocycles. The van der Waals surface area contributed by atoms with Crippen LogP contribution in [0.3, 0.4) is 0 Å². The summed E-state index contributed by atoms with van der Waals surface area (Å²) in [5, 5.41) is 18.4. The first-order valence-electron chi connectivity index (χ1n) is 9.40. The minimum atomic E-state index is -0.266. The van der Waals surface area contributed by atoms with Gasteiger partial charge in [0, 0.05) is 5.41 Å². The zero-order valence-corrected chi connectivity index (χ0v) is 14.7. The van der Waals surface area contributed by atoms with Gasteiger partial charge in [-0.05, 0) is 6.42 Å². The highest BCUT2D eigenvalue weighted by atomic mass is 16.3. The monoisotopic (exact) mass is 300 g/mol. The number of rotatable bonds is 16. The topological polar surface area (TPSA) is 40.5 Å². The molecule has 0 aliphatic carbocycles. The van der Waals surface area contributed by atoms with Crippen LogP contribution in [0.2, 0.25) is 0 Å². The van der Waals surface area contributed by atoms with Crippen LogP contribution >= 0.6 is 0 Å². The van der Waals surface area contributed by atoms with Crippen molar-refractivity contribution in [3.63, 3.8) is 0 Å². The molecule has 0 aliphatic heterocycles. The zero-order chi connectivity index (χ0) is 15.8. The number of aliphatic hydroxyl groups excluding tert-OH is 2. The molecule has 0 aromatic rings. The van der Waals surface area contributed by atoms with Crippen molar-refractivity contribution < 1.29 is 10.2 Å². The Labute approximate surface area is 133 Å². The van der Waals surface area contributed by atoms with Gasteiger partial charge >= 0.3 is 0 Å². The lowest BCUT2D eigenvalue weighted by molar-refractivity contribution is 0.0605. The van der Waals surface area contributed by atoms with Crippen LogP contribution in [-0.2, 0) is 0 Å². The molecule has 128 valence electrons. The van der Waals surface area contributed by atoms with E-state index in [9.17, 15) is 10.2 Å². The predicted molar refractivity (Wildman–Crippen MR) is 92.6 cm³/mol. The molecule has 0 bridgehead atoms. The Morgan fingerprint density at radius 1 is 0.571 bits per heavy atom. The highest BCUT2D eigenvalue weighted by Crippen LogP contribution is 2.23. The van der Waals surface area contributed by atoms with E-state index in [1.807, 2.05) is 6.92 Å². The highest BCUT2D eigenvalue weighted by molar-refractivity contribution is 4.71. The van der Waals surface area contributed by atoms with E-state index in [1.165, 1.54) is 77.0 Å². The van der Waals surface area contributed by atoms with E-state index in [0.29, 0.717) is 0 Å². The van der Waals surface area contributed by atoms with Crippen molar-refractivity contribution in [2.24, 2.45) is 5.41 Å². The van der Waals surface area contributed by atoms with Gasteiger partial charge in [0.25, 0.3) is 0 Å². The highest BCUT2D eigenvalue weighted by Gasteiger charge is 2.21. The molecule has 2 nitrogen and oxygen atoms in total. The summed E-state index contributed by atoms with van der Waals surface area (Å²) < 4.78 is 0. The third-order valence-corrected chi connectivity index (χ3v) is 4.65. The molecule has 0 atom stereocenters. The lowest BCUT2D eigenvalue weighted by Crippen LogP contribution is -2.25. The van der Waals surface area contributed by atoms with E-state index >= 15 is 0 Å². The Kier molecular flexibility index (Phi) is 14.8. The fraction of sp³-hybridized carbons (Fsp3) is 1.00. The van der Waals surface area contributed by atoms with Crippen molar-refractivity contribution in [1.29, 1.82) is 0 Å². The summed E-state index contributed by atoms with van der Waals surface area (Å²) in [6, 6.07) is 0. The molecule has 0 fully saturated rings. The second-order valence-corrected chi connectivity index (χ2v) is 7.12. The van der Waals surface area contributed by atoms with Crippen LogP contribution in [0.25, 0.3) is 0 Å². The maximum absolute atomic E-state index is 9.22. The first-order valence-corrected chi connectivity index (χ1v) is 9.40. The Bertz CT molecular complexity index is 200. The van der Waals surface area contributed by atoms with E-state index in [0.717, 1.165) is 12.8 Å². The average molecular weight is 301 g/mol. The third-order valence-electron chi connectivity index (χ3n) is 4.65. The maximum atomic E-state index is 9.22. The summed E-state index contributed by atoms with van der Waals surface area (Å²) in [4.78, 5) is 0. The van der Waals surface area contributed by atoms with Gasteiger partial charge < -0.3 is 10.2 Å². The van der Waals surface area contributed by atoms with Gasteiger partial charge in [-0.15, -0.1) is 0 Å². The van der Waals surface area contributed by atoms with Crippen molar-refractivity contribution in [3.05, 3.63) is 0 Å². The largest absolute Gasteiger partial charge is 0.396 e. The van der Waals surface area contributed by atoms with Crippen molar-refractivity contribution in [2.45, 2.75) is 104 Å². The molecule has 0 saturated carbocycles. The standard InChI is InChI=1S/C19H40O2/c1-3-4-5-6-7-8-9-10-11-12-13-14-15-16-19(2,17-20)18-21/h20-21H,3-18H2,1-2H3. The van der Waals surface area contributed by atoms with Gasteiger partial charge in [0.15, 0.2) is 0 Å². The summed E-state index contributed by atoms with van der Waals surface area (Å²) in [6.07, 6.45) is 18.6. The minimum absolute atomic E-state index is 0.0990. The molecule has 2 heteroatoms. The molecular weight excluding hydrogens is 260 g/mol. The van der Waals surface area contributed by atoms with Gasteiger partial charge in [-0.3, -0.25) is 0 Å². The van der Waals surface area contributed by atoms with E-state index in [-0.39, 0.29) is 18.6 Å². The van der Waals surface area contributed by atoms with E-state index in [1.54, 1.807) is 0 Å². The van der Waals surface area contributed by atoms with Crippen molar-refractivity contribution in [3.8, 4) is 0 Å². The quantitative estimate of drug-likeness (QED) is 0.372. The molecule has 0 amide bonds. The fourth-order valence-corrected chi connectivity index (χ4v) is 2.78. The van der Waals surface area contributed by atoms with E-state index < -0.39 is 0 Å². The van der Waals surface area contributed by atoms with Gasteiger partial charge in [0.1, 0.15) is 0 Å². The maximum Gasteiger partial charge on any atom is 0.0506 e. The molecule has 0 heterocycles. The molecule has 21 heavy (non-hydrogen) atoms. The fourth-order valence-electron chi connectivity index (χ4n) is 2.78. The van der Waals surface area contributed by atoms with Gasteiger partial charge in [-0.25, -0.2) is 0 Å². The van der Waals surface area contributed by atoms with Gasteiger partial charge in [-0.2, -0.15) is 0 Å². The normalized spacial score (nSPS) is 12.0. The van der Waals surface area contributed by atoms with Gasteiger partial charge in [-0.1, -0.05) is 97.3 Å². The van der Waals surface area contributed by atoms with Crippen LogP contribution in [-0.4, -0.2) is 23.4 Å². The van der Waals surface area contributed by atoms with Crippen LogP contribution in [0.1, 0.15) is 104 Å². The van der Waals surface area contributed by atoms with E-state index in [2.05, 4.69) is 6.92 Å². The Morgan fingerprint density at radius 3 is 1.24 bits per heavy atom. The zero-order valence-electron chi connectivity index (χ0n) is 14.7. The number of hydrogen-bond acceptors (Lipinski definition) is 2. The van der Waals surface area contributed by atoms with Gasteiger partial charge in [0.2, 0.25) is 0 Å². The second kappa shape index (κ2) is 14.8. The van der Waals surface area contributed by atoms with E-state index in [4.69, 9.17) is 0 Å². The molecule has 0 unspecified atom stereocenters. The van der Waals surface area contributed by atoms with Crippen LogP contribution in [0.15, 0.2) is 0 Å². The average Bonchev–Trinajstić information content (AvgIpc) is 2.51. The molecule has 2 N–H and O–H groups in total. The molecule has 0 rings (SSSR count). The molecular formula is C19H40O2. The number of unbranched alkanes of at least 4 members (excludes halogenated alkanes) is 12. The second-order valence-electron chi connectivity index (χ2n) is 7.12. The smallest absolute Gasteiger partial charge is 0.0506 e. The lowest BCUT2D eigenvalue weighted by atomic mass is 9.86. The molecule has 0 radical (unpaired) electrons. The predicted octanol–water partition coefficient (Wildman–Crippen LogP) is 5.46. The minimum Gasteiger partial charge on any atom is -0.396 e.